The first kappa shape index (κ1) is 17.6. The van der Waals surface area contributed by atoms with E-state index in [1.165, 1.54) is 0 Å². The van der Waals surface area contributed by atoms with Crippen molar-refractivity contribution >= 4 is 11.9 Å². The summed E-state index contributed by atoms with van der Waals surface area (Å²) in [5.74, 6) is -2.38. The van der Waals surface area contributed by atoms with Crippen molar-refractivity contribution in [3.8, 4) is 0 Å². The molecule has 0 heterocycles. The van der Waals surface area contributed by atoms with Crippen molar-refractivity contribution < 1.29 is 19.3 Å². The quantitative estimate of drug-likeness (QED) is 0.315. The van der Waals surface area contributed by atoms with Crippen LogP contribution in [0.15, 0.2) is 60.7 Å². The topological polar surface area (TPSA) is 101 Å². The van der Waals surface area contributed by atoms with E-state index in [0.717, 1.165) is 11.1 Å². The molecule has 0 bridgehead atoms. The van der Waals surface area contributed by atoms with Crippen LogP contribution in [0.5, 0.6) is 0 Å². The van der Waals surface area contributed by atoms with E-state index in [4.69, 9.17) is 0 Å². The van der Waals surface area contributed by atoms with Gasteiger partial charge in [0, 0.05) is 13.1 Å². The van der Waals surface area contributed by atoms with Crippen LogP contribution in [0.4, 0.5) is 0 Å². The lowest BCUT2D eigenvalue weighted by atomic mass is 10.2. The Bertz CT molecular complexity index is 580. The van der Waals surface area contributed by atoms with Gasteiger partial charge in [0.05, 0.1) is 0 Å². The molecule has 24 heavy (non-hydrogen) atoms. The normalized spacial score (nSPS) is 10.2. The number of rotatable bonds is 8. The molecule has 0 spiro atoms. The molecule has 0 radical (unpaired) electrons. The Morgan fingerprint density at radius 1 is 0.667 bits per heavy atom. The Balaban J connectivity index is 1.54. The maximum Gasteiger partial charge on any atom is 0.439 e. The zero-order chi connectivity index (χ0) is 17.0. The summed E-state index contributed by atoms with van der Waals surface area (Å²) >= 11 is 0. The molecule has 126 valence electrons. The lowest BCUT2D eigenvalue weighted by Crippen LogP contribution is -2.40. The van der Waals surface area contributed by atoms with E-state index in [2.05, 4.69) is 31.7 Å². The molecule has 0 aliphatic heterocycles. The third-order valence-corrected chi connectivity index (χ3v) is 2.87. The van der Waals surface area contributed by atoms with E-state index in [0.29, 0.717) is 13.1 Å². The SMILES string of the molecule is O=C(ONNCc1ccccc1)C(=O)ONNCc1ccccc1. The molecule has 0 amide bonds. The molecule has 0 unspecified atom stereocenters. The van der Waals surface area contributed by atoms with Gasteiger partial charge in [-0.15, -0.1) is 0 Å². The van der Waals surface area contributed by atoms with Gasteiger partial charge in [0.1, 0.15) is 0 Å². The van der Waals surface area contributed by atoms with Gasteiger partial charge in [0.25, 0.3) is 0 Å². The average molecular weight is 330 g/mol. The third kappa shape index (κ3) is 6.55. The highest BCUT2D eigenvalue weighted by Gasteiger charge is 2.18. The van der Waals surface area contributed by atoms with Crippen LogP contribution in [0.3, 0.4) is 0 Å². The summed E-state index contributed by atoms with van der Waals surface area (Å²) in [4.78, 5) is 31.7. The van der Waals surface area contributed by atoms with Gasteiger partial charge in [-0.3, -0.25) is 0 Å². The molecule has 0 aliphatic carbocycles. The number of hydrogen-bond acceptors (Lipinski definition) is 8. The molecule has 4 N–H and O–H groups in total. The number of benzene rings is 2. The number of carbonyl (C=O) groups excluding carboxylic acids is 2. The van der Waals surface area contributed by atoms with Crippen molar-refractivity contribution in [1.82, 2.24) is 22.0 Å². The summed E-state index contributed by atoms with van der Waals surface area (Å²) < 4.78 is 0. The van der Waals surface area contributed by atoms with E-state index in [1.807, 2.05) is 60.7 Å². The maximum atomic E-state index is 11.4. The lowest BCUT2D eigenvalue weighted by molar-refractivity contribution is -0.179. The van der Waals surface area contributed by atoms with Gasteiger partial charge < -0.3 is 9.68 Å². The smallest absolute Gasteiger partial charge is 0.346 e. The summed E-state index contributed by atoms with van der Waals surface area (Å²) in [6, 6.07) is 18.9. The van der Waals surface area contributed by atoms with Crippen LogP contribution < -0.4 is 22.0 Å². The summed E-state index contributed by atoms with van der Waals surface area (Å²) in [7, 11) is 0. The van der Waals surface area contributed by atoms with Crippen molar-refractivity contribution in [2.75, 3.05) is 0 Å². The van der Waals surface area contributed by atoms with Gasteiger partial charge in [0.2, 0.25) is 0 Å². The number of hydrazine groups is 2. The van der Waals surface area contributed by atoms with Crippen molar-refractivity contribution in [3.05, 3.63) is 71.8 Å². The zero-order valence-corrected chi connectivity index (χ0v) is 12.8. The molecule has 0 saturated heterocycles. The van der Waals surface area contributed by atoms with Gasteiger partial charge in [-0.05, 0) is 11.1 Å². The van der Waals surface area contributed by atoms with Crippen LogP contribution >= 0.6 is 0 Å². The fraction of sp³-hybridized carbons (Fsp3) is 0.125. The first-order valence-electron chi connectivity index (χ1n) is 7.21. The van der Waals surface area contributed by atoms with Gasteiger partial charge in [-0.25, -0.2) is 20.4 Å². The van der Waals surface area contributed by atoms with Gasteiger partial charge >= 0.3 is 11.9 Å². The van der Waals surface area contributed by atoms with Crippen LogP contribution in [0.1, 0.15) is 11.1 Å². The van der Waals surface area contributed by atoms with Gasteiger partial charge in [-0.1, -0.05) is 71.8 Å². The monoisotopic (exact) mass is 330 g/mol. The summed E-state index contributed by atoms with van der Waals surface area (Å²) in [6.07, 6.45) is 0. The Labute approximate surface area is 139 Å². The second-order valence-corrected chi connectivity index (χ2v) is 4.66. The molecule has 8 heteroatoms. The first-order chi connectivity index (χ1) is 11.8. The van der Waals surface area contributed by atoms with Crippen molar-refractivity contribution in [1.29, 1.82) is 0 Å². The first-order valence-corrected chi connectivity index (χ1v) is 7.21. The van der Waals surface area contributed by atoms with Crippen molar-refractivity contribution in [2.24, 2.45) is 0 Å². The van der Waals surface area contributed by atoms with E-state index in [-0.39, 0.29) is 0 Å². The van der Waals surface area contributed by atoms with E-state index in [9.17, 15) is 9.59 Å². The van der Waals surface area contributed by atoms with E-state index >= 15 is 0 Å². The molecule has 0 fully saturated rings. The van der Waals surface area contributed by atoms with Crippen LogP contribution in [0, 0.1) is 0 Å². The number of carbonyl (C=O) groups is 2. The average Bonchev–Trinajstić information content (AvgIpc) is 2.63. The van der Waals surface area contributed by atoms with Crippen LogP contribution in [0.25, 0.3) is 0 Å². The molecule has 0 atom stereocenters. The largest absolute Gasteiger partial charge is 0.439 e. The summed E-state index contributed by atoms with van der Waals surface area (Å²) in [6.45, 7) is 0.833. The Morgan fingerprint density at radius 2 is 1.04 bits per heavy atom. The van der Waals surface area contributed by atoms with Gasteiger partial charge in [0.15, 0.2) is 0 Å². The molecule has 2 aromatic rings. The molecule has 2 aromatic carbocycles. The second-order valence-electron chi connectivity index (χ2n) is 4.66. The minimum atomic E-state index is -1.19. The predicted octanol–water partition coefficient (Wildman–Crippen LogP) is 0.492. The van der Waals surface area contributed by atoms with Crippen LogP contribution in [-0.2, 0) is 32.4 Å². The zero-order valence-electron chi connectivity index (χ0n) is 12.8. The highest BCUT2D eigenvalue weighted by Crippen LogP contribution is 1.97. The molecule has 8 nitrogen and oxygen atoms in total. The molecular weight excluding hydrogens is 312 g/mol. The molecular formula is C16H18N4O4. The maximum absolute atomic E-state index is 11.4. The van der Waals surface area contributed by atoms with Crippen molar-refractivity contribution in [2.45, 2.75) is 13.1 Å². The van der Waals surface area contributed by atoms with Crippen molar-refractivity contribution in [3.63, 3.8) is 0 Å². The van der Waals surface area contributed by atoms with Crippen LogP contribution in [0.2, 0.25) is 0 Å². The lowest BCUT2D eigenvalue weighted by Gasteiger charge is -2.08. The number of nitrogens with one attached hydrogen (secondary N) is 4. The van der Waals surface area contributed by atoms with E-state index < -0.39 is 11.9 Å². The van der Waals surface area contributed by atoms with Crippen LogP contribution in [-0.4, -0.2) is 11.9 Å². The summed E-state index contributed by atoms with van der Waals surface area (Å²) in [5.41, 5.74) is 11.6. The second kappa shape index (κ2) is 10.1. The molecule has 0 aliphatic rings. The minimum Gasteiger partial charge on any atom is -0.346 e. The molecule has 0 aromatic heterocycles. The number of hydrogen-bond donors (Lipinski definition) is 4. The molecule has 2 rings (SSSR count). The highest BCUT2D eigenvalue weighted by molar-refractivity contribution is 6.29. The highest BCUT2D eigenvalue weighted by atomic mass is 16.8. The minimum absolute atomic E-state index is 0.417. The standard InChI is InChI=1S/C16H18N4O4/c21-15(23-19-17-11-13-7-3-1-4-8-13)16(22)24-20-18-12-14-9-5-2-6-10-14/h1-10,17-20H,11-12H2. The molecule has 0 saturated carbocycles. The fourth-order valence-electron chi connectivity index (χ4n) is 1.72. The van der Waals surface area contributed by atoms with Gasteiger partial charge in [-0.2, -0.15) is 0 Å². The fourth-order valence-corrected chi connectivity index (χ4v) is 1.72. The third-order valence-electron chi connectivity index (χ3n) is 2.87. The Hall–Kier alpha value is -2.78. The Morgan fingerprint density at radius 3 is 1.42 bits per heavy atom. The summed E-state index contributed by atoms with van der Waals surface area (Å²) in [5, 5.41) is 0. The predicted molar refractivity (Wildman–Crippen MR) is 85.0 cm³/mol. The van der Waals surface area contributed by atoms with E-state index in [1.54, 1.807) is 0 Å². The Kier molecular flexibility index (Phi) is 7.38.